The first kappa shape index (κ1) is 19.2. The third-order valence-corrected chi connectivity index (χ3v) is 7.06. The van der Waals surface area contributed by atoms with Crippen LogP contribution in [0.15, 0.2) is 24.3 Å². The third kappa shape index (κ3) is 5.44. The molecule has 0 aromatic heterocycles. The van der Waals surface area contributed by atoms with Crippen LogP contribution in [-0.4, -0.2) is 57.4 Å². The van der Waals surface area contributed by atoms with E-state index >= 15 is 0 Å². The fourth-order valence-electron chi connectivity index (χ4n) is 2.59. The van der Waals surface area contributed by atoms with E-state index in [1.165, 1.54) is 0 Å². The highest BCUT2D eigenvalue weighted by atomic mass is 35.5. The summed E-state index contributed by atoms with van der Waals surface area (Å²) in [5, 5.41) is 3.19. The Kier molecular flexibility index (Phi) is 5.90. The van der Waals surface area contributed by atoms with Gasteiger partial charge in [-0.15, -0.1) is 0 Å². The maximum absolute atomic E-state index is 12.0. The van der Waals surface area contributed by atoms with Gasteiger partial charge in [0, 0.05) is 29.7 Å². The molecule has 7 nitrogen and oxygen atoms in total. The maximum Gasteiger partial charge on any atom is 0.225 e. The molecule has 10 heteroatoms. The lowest BCUT2D eigenvalue weighted by molar-refractivity contribution is -0.116. The molecule has 24 heavy (non-hydrogen) atoms. The number of nitrogens with zero attached hydrogens (tertiary/aromatic N) is 1. The predicted molar refractivity (Wildman–Crippen MR) is 93.3 cm³/mol. The minimum atomic E-state index is -3.60. The number of anilines is 1. The quantitative estimate of drug-likeness (QED) is 0.779. The molecule has 1 amide bonds. The van der Waals surface area contributed by atoms with Crippen LogP contribution >= 0.6 is 11.6 Å². The molecule has 134 valence electrons. The molecule has 0 saturated carbocycles. The molecule has 1 N–H and O–H groups in total. The number of nitrogens with one attached hydrogen (secondary N) is 1. The summed E-state index contributed by atoms with van der Waals surface area (Å²) in [7, 11) is -6.81. The summed E-state index contributed by atoms with van der Waals surface area (Å²) in [5.74, 6) is -0.577. The largest absolute Gasteiger partial charge is 0.326 e. The Morgan fingerprint density at radius 1 is 1.33 bits per heavy atom. The minimum Gasteiger partial charge on any atom is -0.326 e. The molecule has 1 aromatic carbocycles. The molecule has 0 bridgehead atoms. The monoisotopic (exact) mass is 394 g/mol. The highest BCUT2D eigenvalue weighted by Gasteiger charge is 2.36. The zero-order valence-corrected chi connectivity index (χ0v) is 15.5. The van der Waals surface area contributed by atoms with Gasteiger partial charge in [0.05, 0.1) is 17.8 Å². The predicted octanol–water partition coefficient (Wildman–Crippen LogP) is 1.12. The van der Waals surface area contributed by atoms with Gasteiger partial charge in [0.25, 0.3) is 0 Å². The van der Waals surface area contributed by atoms with Crippen LogP contribution < -0.4 is 5.32 Å². The van der Waals surface area contributed by atoms with E-state index < -0.39 is 25.9 Å². The number of halogens is 1. The van der Waals surface area contributed by atoms with E-state index in [4.69, 9.17) is 11.6 Å². The van der Waals surface area contributed by atoms with Crippen LogP contribution in [0, 0.1) is 0 Å². The summed E-state index contributed by atoms with van der Waals surface area (Å²) in [6.45, 7) is -0.0571. The van der Waals surface area contributed by atoms with Crippen molar-refractivity contribution in [3.63, 3.8) is 0 Å². The Labute approximate surface area is 147 Å². The fourth-order valence-corrected chi connectivity index (χ4v) is 5.69. The number of rotatable bonds is 6. The van der Waals surface area contributed by atoms with Gasteiger partial charge >= 0.3 is 0 Å². The van der Waals surface area contributed by atoms with Crippen molar-refractivity contribution in [3.8, 4) is 0 Å². The Balaban J connectivity index is 1.98. The van der Waals surface area contributed by atoms with Crippen molar-refractivity contribution in [2.24, 2.45) is 0 Å². The standard InChI is InChI=1S/C14H19ClN2O5S2/c1-23(19,20)17(13-7-9-24(21,22)10-13)8-6-14(18)16-12-4-2-11(15)3-5-12/h2-5,13H,6-10H2,1H3,(H,16,18). The van der Waals surface area contributed by atoms with Crippen LogP contribution in [0.5, 0.6) is 0 Å². The van der Waals surface area contributed by atoms with Crippen molar-refractivity contribution in [1.82, 2.24) is 4.31 Å². The molecule has 0 spiro atoms. The molecule has 2 rings (SSSR count). The Hall–Kier alpha value is -1.16. The van der Waals surface area contributed by atoms with Crippen molar-refractivity contribution in [1.29, 1.82) is 0 Å². The number of amides is 1. The van der Waals surface area contributed by atoms with Gasteiger partial charge in [-0.1, -0.05) is 11.6 Å². The van der Waals surface area contributed by atoms with Crippen LogP contribution in [-0.2, 0) is 24.7 Å². The van der Waals surface area contributed by atoms with Crippen molar-refractivity contribution >= 4 is 43.1 Å². The van der Waals surface area contributed by atoms with Crippen molar-refractivity contribution in [2.75, 3.05) is 29.6 Å². The lowest BCUT2D eigenvalue weighted by Crippen LogP contribution is -2.42. The van der Waals surface area contributed by atoms with E-state index in [-0.39, 0.29) is 36.8 Å². The van der Waals surface area contributed by atoms with Gasteiger partial charge in [-0.05, 0) is 30.7 Å². The highest BCUT2D eigenvalue weighted by Crippen LogP contribution is 2.20. The number of benzene rings is 1. The van der Waals surface area contributed by atoms with Crippen LogP contribution in [0.4, 0.5) is 5.69 Å². The molecule has 1 aromatic rings. The van der Waals surface area contributed by atoms with E-state index in [0.717, 1.165) is 10.6 Å². The molecular weight excluding hydrogens is 376 g/mol. The maximum atomic E-state index is 12.0. The molecule has 0 radical (unpaired) electrons. The SMILES string of the molecule is CS(=O)(=O)N(CCC(=O)Nc1ccc(Cl)cc1)C1CCS(=O)(=O)C1. The summed E-state index contributed by atoms with van der Waals surface area (Å²) >= 11 is 5.76. The first-order chi connectivity index (χ1) is 11.1. The van der Waals surface area contributed by atoms with Crippen LogP contribution in [0.1, 0.15) is 12.8 Å². The van der Waals surface area contributed by atoms with Gasteiger partial charge in [-0.2, -0.15) is 4.31 Å². The number of carbonyl (C=O) groups excluding carboxylic acids is 1. The summed E-state index contributed by atoms with van der Waals surface area (Å²) in [6.07, 6.45) is 1.22. The van der Waals surface area contributed by atoms with Crippen molar-refractivity contribution < 1.29 is 21.6 Å². The van der Waals surface area contributed by atoms with Gasteiger partial charge in [0.15, 0.2) is 9.84 Å². The summed E-state index contributed by atoms with van der Waals surface area (Å²) in [6, 6.07) is 5.93. The molecule has 1 heterocycles. The second kappa shape index (κ2) is 7.38. The van der Waals surface area contributed by atoms with Crippen LogP contribution in [0.3, 0.4) is 0 Å². The van der Waals surface area contributed by atoms with E-state index in [1.807, 2.05) is 0 Å². The van der Waals surface area contributed by atoms with Crippen molar-refractivity contribution in [3.05, 3.63) is 29.3 Å². The van der Waals surface area contributed by atoms with Crippen molar-refractivity contribution in [2.45, 2.75) is 18.9 Å². The number of sulfonamides is 1. The number of carbonyl (C=O) groups is 1. The highest BCUT2D eigenvalue weighted by molar-refractivity contribution is 7.92. The van der Waals surface area contributed by atoms with Crippen LogP contribution in [0.2, 0.25) is 5.02 Å². The Bertz CT molecular complexity index is 806. The van der Waals surface area contributed by atoms with E-state index in [9.17, 15) is 21.6 Å². The first-order valence-electron chi connectivity index (χ1n) is 7.29. The molecule has 1 unspecified atom stereocenters. The van der Waals surface area contributed by atoms with Crippen LogP contribution in [0.25, 0.3) is 0 Å². The lowest BCUT2D eigenvalue weighted by Gasteiger charge is -2.25. The van der Waals surface area contributed by atoms with Gasteiger partial charge in [0.2, 0.25) is 15.9 Å². The summed E-state index contributed by atoms with van der Waals surface area (Å²) in [4.78, 5) is 12.0. The average Bonchev–Trinajstić information content (AvgIpc) is 2.80. The summed E-state index contributed by atoms with van der Waals surface area (Å²) in [5.41, 5.74) is 0.554. The Morgan fingerprint density at radius 3 is 2.46 bits per heavy atom. The topological polar surface area (TPSA) is 101 Å². The molecule has 1 aliphatic heterocycles. The smallest absolute Gasteiger partial charge is 0.225 e. The molecule has 0 aliphatic carbocycles. The normalized spacial score (nSPS) is 20.2. The lowest BCUT2D eigenvalue weighted by atomic mass is 10.2. The van der Waals surface area contributed by atoms with E-state index in [1.54, 1.807) is 24.3 Å². The molecular formula is C14H19ClN2O5S2. The molecule has 1 aliphatic rings. The molecule has 1 atom stereocenters. The second-order valence-electron chi connectivity index (χ2n) is 5.74. The van der Waals surface area contributed by atoms with Gasteiger partial charge in [0.1, 0.15) is 0 Å². The number of sulfone groups is 1. The fraction of sp³-hybridized carbons (Fsp3) is 0.500. The summed E-state index contributed by atoms with van der Waals surface area (Å²) < 4.78 is 48.1. The number of hydrogen-bond acceptors (Lipinski definition) is 5. The minimum absolute atomic E-state index is 0.0271. The van der Waals surface area contributed by atoms with E-state index in [2.05, 4.69) is 5.32 Å². The zero-order chi connectivity index (χ0) is 18.0. The number of hydrogen-bond donors (Lipinski definition) is 1. The van der Waals surface area contributed by atoms with Gasteiger partial charge in [-0.25, -0.2) is 16.8 Å². The van der Waals surface area contributed by atoms with Gasteiger partial charge in [-0.3, -0.25) is 4.79 Å². The average molecular weight is 395 g/mol. The third-order valence-electron chi connectivity index (χ3n) is 3.73. The molecule has 1 fully saturated rings. The second-order valence-corrected chi connectivity index (χ2v) is 10.3. The first-order valence-corrected chi connectivity index (χ1v) is 11.3. The van der Waals surface area contributed by atoms with E-state index in [0.29, 0.717) is 10.7 Å². The zero-order valence-electron chi connectivity index (χ0n) is 13.1. The molecule has 1 saturated heterocycles. The Morgan fingerprint density at radius 2 is 1.96 bits per heavy atom. The van der Waals surface area contributed by atoms with Gasteiger partial charge < -0.3 is 5.32 Å².